The molecule has 3 aliphatic carbocycles. The molecule has 6 aliphatic rings. The SMILES string of the molecule is CCCC.COc1ccnc(-c2ccc(F)c([C@]34CCC[C@H]3CSC(N)=N4)c2)c1.COc1ccnc(-c2ccc(F)c([C@]34CCC[C@H]3CSC(N)=N4)c2)c1.O=C(CC1=N[C@@]2(c3cc(Br)ccc3F)CCC[C@H]2CS1)OCc1ccccc1. The number of unbranched alkanes of at least 4 members (excludes halogenated alkanes) is 1. The van der Waals surface area contributed by atoms with Gasteiger partial charge in [0, 0.05) is 74.1 Å². The number of pyridine rings is 2. The number of carbonyl (C=O) groups excluding carboxylic acids is 1. The van der Waals surface area contributed by atoms with Crippen LogP contribution in [0.15, 0.2) is 141 Å². The second-order valence-corrected chi connectivity index (χ2v) is 25.5. The summed E-state index contributed by atoms with van der Waals surface area (Å²) in [5.74, 6) is 4.10. The van der Waals surface area contributed by atoms with Crippen LogP contribution in [0.1, 0.15) is 113 Å². The van der Waals surface area contributed by atoms with E-state index in [4.69, 9.17) is 40.7 Å². The fraction of sp³-hybridized carbons (Fsp3) is 0.406. The second-order valence-electron chi connectivity index (χ2n) is 21.4. The number of aliphatic imine (C=N–C) groups is 3. The average molecular weight is 1240 g/mol. The third-order valence-corrected chi connectivity index (χ3v) is 20.0. The number of aromatic nitrogens is 2. The first-order valence-electron chi connectivity index (χ1n) is 28.2. The van der Waals surface area contributed by atoms with Crippen LogP contribution in [-0.2, 0) is 32.8 Å². The third kappa shape index (κ3) is 13.7. The number of hydrogen-bond donors (Lipinski definition) is 2. The van der Waals surface area contributed by atoms with E-state index in [1.165, 1.54) is 31.0 Å². The van der Waals surface area contributed by atoms with Gasteiger partial charge in [-0.3, -0.25) is 29.7 Å². The minimum atomic E-state index is -0.561. The van der Waals surface area contributed by atoms with Gasteiger partial charge in [-0.1, -0.05) is 116 Å². The Bertz CT molecular complexity index is 3160. The van der Waals surface area contributed by atoms with Crippen molar-refractivity contribution in [2.75, 3.05) is 31.5 Å². The Morgan fingerprint density at radius 2 is 1.05 bits per heavy atom. The molecule has 11 nitrogen and oxygen atoms in total. The summed E-state index contributed by atoms with van der Waals surface area (Å²) in [5.41, 5.74) is 16.5. The number of nitrogens with zero attached hydrogens (tertiary/aromatic N) is 5. The summed E-state index contributed by atoms with van der Waals surface area (Å²) < 4.78 is 61.1. The van der Waals surface area contributed by atoms with Gasteiger partial charge in [0.05, 0.1) is 53.7 Å². The molecule has 432 valence electrons. The highest BCUT2D eigenvalue weighted by Gasteiger charge is 2.50. The molecule has 82 heavy (non-hydrogen) atoms. The smallest absolute Gasteiger partial charge is 0.312 e. The van der Waals surface area contributed by atoms with E-state index in [-0.39, 0.29) is 36.4 Å². The summed E-state index contributed by atoms with van der Waals surface area (Å²) in [5, 5.41) is 1.86. The molecule has 5 heterocycles. The minimum Gasteiger partial charge on any atom is -0.497 e. The van der Waals surface area contributed by atoms with Crippen molar-refractivity contribution < 1.29 is 32.2 Å². The Kier molecular flexibility index (Phi) is 20.5. The maximum atomic E-state index is 14.8. The van der Waals surface area contributed by atoms with Gasteiger partial charge in [-0.15, -0.1) is 11.8 Å². The summed E-state index contributed by atoms with van der Waals surface area (Å²) in [7, 11) is 3.24. The van der Waals surface area contributed by atoms with Crippen LogP contribution in [-0.4, -0.2) is 62.8 Å². The standard InChI is InChI=1S/C22H21BrFNO2S.2C19H20FN3OS.C4H10/c23-17-8-9-19(24)18(11-17)22-10-4-7-16(22)14-28-20(25-22)12-21(26)27-13-15-5-2-1-3-6-15;2*1-24-14-6-8-22-17(10-14)12-4-5-16(20)15(9-12)19-7-2-3-13(19)11-25-18(21)23-19;1-3-4-2/h1-3,5-6,8-9,11,16H,4,7,10,12-14H2;2*4-6,8-10,13H,2-3,7,11H2,1H3,(H2,21,23);3-4H2,1-2H3/t16-,22-;2*13-,19-;/m000./s1. The first-order chi connectivity index (χ1) is 39.7. The van der Waals surface area contributed by atoms with Crippen molar-refractivity contribution in [3.63, 3.8) is 0 Å². The zero-order chi connectivity index (χ0) is 57.9. The number of amidine groups is 2. The fourth-order valence-electron chi connectivity index (χ4n) is 12.1. The van der Waals surface area contributed by atoms with Crippen molar-refractivity contribution in [3.8, 4) is 34.0 Å². The van der Waals surface area contributed by atoms with Gasteiger partial charge in [0.2, 0.25) is 0 Å². The predicted molar refractivity (Wildman–Crippen MR) is 333 cm³/mol. The van der Waals surface area contributed by atoms with Gasteiger partial charge in [0.25, 0.3) is 0 Å². The van der Waals surface area contributed by atoms with Gasteiger partial charge in [-0.05, 0) is 129 Å². The molecular formula is C64H71BrF3N7O4S3. The van der Waals surface area contributed by atoms with E-state index in [9.17, 15) is 18.0 Å². The Morgan fingerprint density at radius 3 is 1.52 bits per heavy atom. The van der Waals surface area contributed by atoms with Gasteiger partial charge < -0.3 is 25.7 Å². The zero-order valence-corrected chi connectivity index (χ0v) is 50.9. The topological polar surface area (TPSA) is 160 Å². The minimum absolute atomic E-state index is 0.140. The zero-order valence-electron chi connectivity index (χ0n) is 46.9. The predicted octanol–water partition coefficient (Wildman–Crippen LogP) is 15.6. The number of fused-ring (bicyclic) bond motifs is 3. The van der Waals surface area contributed by atoms with Crippen molar-refractivity contribution in [3.05, 3.63) is 166 Å². The molecule has 4 N–H and O–H groups in total. The average Bonchev–Trinajstić information content (AvgIpc) is 3.43. The van der Waals surface area contributed by atoms with Crippen molar-refractivity contribution in [2.24, 2.45) is 44.2 Å². The number of nitrogens with two attached hydrogens (primary N) is 2. The molecular weight excluding hydrogens is 1160 g/mol. The van der Waals surface area contributed by atoms with Crippen LogP contribution in [0.4, 0.5) is 13.2 Å². The van der Waals surface area contributed by atoms with Crippen molar-refractivity contribution >= 4 is 72.6 Å². The number of rotatable bonds is 12. The lowest BCUT2D eigenvalue weighted by Crippen LogP contribution is -2.37. The largest absolute Gasteiger partial charge is 0.497 e. The van der Waals surface area contributed by atoms with Gasteiger partial charge in [0.15, 0.2) is 10.3 Å². The van der Waals surface area contributed by atoms with Gasteiger partial charge in [0.1, 0.15) is 35.6 Å². The summed E-state index contributed by atoms with van der Waals surface area (Å²) in [6.07, 6.45) is 14.9. The van der Waals surface area contributed by atoms with Crippen molar-refractivity contribution in [1.29, 1.82) is 0 Å². The number of ether oxygens (including phenoxy) is 3. The molecule has 0 bridgehead atoms. The maximum Gasteiger partial charge on any atom is 0.312 e. The van der Waals surface area contributed by atoms with Crippen LogP contribution in [0, 0.1) is 35.2 Å². The first kappa shape index (κ1) is 60.8. The Balaban J connectivity index is 0.000000144. The summed E-state index contributed by atoms with van der Waals surface area (Å²) >= 11 is 8.22. The summed E-state index contributed by atoms with van der Waals surface area (Å²) in [4.78, 5) is 35.6. The van der Waals surface area contributed by atoms with E-state index in [0.717, 1.165) is 124 Å². The van der Waals surface area contributed by atoms with Crippen LogP contribution < -0.4 is 20.9 Å². The Hall–Kier alpha value is -5.82. The van der Waals surface area contributed by atoms with E-state index in [2.05, 4.69) is 39.7 Å². The normalized spacial score (nSPS) is 24.0. The van der Waals surface area contributed by atoms with Crippen LogP contribution in [0.2, 0.25) is 0 Å². The Morgan fingerprint density at radius 1 is 0.598 bits per heavy atom. The van der Waals surface area contributed by atoms with Gasteiger partial charge in [-0.25, -0.2) is 13.2 Å². The number of esters is 1. The van der Waals surface area contributed by atoms with E-state index in [1.807, 2.05) is 60.7 Å². The van der Waals surface area contributed by atoms with E-state index in [1.54, 1.807) is 92.2 Å². The quantitative estimate of drug-likeness (QED) is 0.112. The molecule has 3 saturated carbocycles. The molecule has 12 rings (SSSR count). The van der Waals surface area contributed by atoms with Crippen molar-refractivity contribution in [1.82, 2.24) is 9.97 Å². The fourth-order valence-corrected chi connectivity index (χ4v) is 15.8. The molecule has 0 spiro atoms. The Labute approximate surface area is 501 Å². The molecule has 18 heteroatoms. The maximum absolute atomic E-state index is 14.8. The molecule has 6 atom stereocenters. The molecule has 0 saturated heterocycles. The highest BCUT2D eigenvalue weighted by Crippen LogP contribution is 2.55. The first-order valence-corrected chi connectivity index (χ1v) is 31.9. The van der Waals surface area contributed by atoms with Gasteiger partial charge >= 0.3 is 5.97 Å². The molecule has 3 aliphatic heterocycles. The van der Waals surface area contributed by atoms with E-state index >= 15 is 0 Å². The lowest BCUT2D eigenvalue weighted by molar-refractivity contribution is -0.143. The molecule has 3 fully saturated rings. The van der Waals surface area contributed by atoms with E-state index < -0.39 is 16.6 Å². The number of halogens is 4. The molecule has 6 aromatic rings. The second kappa shape index (κ2) is 27.7. The molecule has 4 aromatic carbocycles. The number of hydrogen-bond acceptors (Lipinski definition) is 14. The monoisotopic (exact) mass is 1230 g/mol. The lowest BCUT2D eigenvalue weighted by atomic mass is 9.80. The van der Waals surface area contributed by atoms with Crippen LogP contribution in [0.3, 0.4) is 0 Å². The summed E-state index contributed by atoms with van der Waals surface area (Å²) in [6, 6.07) is 32.3. The highest BCUT2D eigenvalue weighted by atomic mass is 79.9. The lowest BCUT2D eigenvalue weighted by Gasteiger charge is -2.37. The third-order valence-electron chi connectivity index (χ3n) is 16.4. The molecule has 2 aromatic heterocycles. The number of methoxy groups -OCH3 is 2. The molecule has 0 radical (unpaired) electrons. The summed E-state index contributed by atoms with van der Waals surface area (Å²) in [6.45, 7) is 4.62. The number of carbonyl (C=O) groups is 1. The molecule has 0 amide bonds. The number of benzene rings is 4. The molecule has 0 unspecified atom stereocenters. The van der Waals surface area contributed by atoms with Crippen LogP contribution in [0.25, 0.3) is 22.5 Å². The highest BCUT2D eigenvalue weighted by molar-refractivity contribution is 9.10. The number of thioether (sulfide) groups is 3. The van der Waals surface area contributed by atoms with E-state index in [0.29, 0.717) is 44.8 Å². The van der Waals surface area contributed by atoms with Crippen molar-refractivity contribution in [2.45, 2.75) is 114 Å². The van der Waals surface area contributed by atoms with Crippen LogP contribution in [0.5, 0.6) is 11.5 Å². The van der Waals surface area contributed by atoms with Gasteiger partial charge in [-0.2, -0.15) is 0 Å². The van der Waals surface area contributed by atoms with Crippen LogP contribution >= 0.6 is 51.2 Å².